The molecule has 0 rings (SSSR count). The molecule has 0 aliphatic heterocycles. The van der Waals surface area contributed by atoms with Crippen molar-refractivity contribution in [3.63, 3.8) is 0 Å². The summed E-state index contributed by atoms with van der Waals surface area (Å²) in [5, 5.41) is 32.7. The maximum atomic E-state index is 12.3. The monoisotopic (exact) mass is 660 g/mol. The second-order valence-corrected chi connectivity index (χ2v) is 13.5. The van der Waals surface area contributed by atoms with Gasteiger partial charge in [-0.2, -0.15) is 0 Å². The smallest absolute Gasteiger partial charge is 0.249 e. The molecule has 0 aromatic carbocycles. The predicted octanol–water partition coefficient (Wildman–Crippen LogP) is 11.0. The summed E-state index contributed by atoms with van der Waals surface area (Å²) in [4.78, 5) is 12.3. The van der Waals surface area contributed by atoms with Gasteiger partial charge in [0, 0.05) is 0 Å². The van der Waals surface area contributed by atoms with Crippen LogP contribution in [0, 0.1) is 0 Å². The summed E-state index contributed by atoms with van der Waals surface area (Å²) < 4.78 is 0. The Balaban J connectivity index is 3.73. The van der Waals surface area contributed by atoms with Crippen molar-refractivity contribution >= 4 is 5.91 Å². The molecule has 4 N–H and O–H groups in total. The Morgan fingerprint density at radius 2 is 0.872 bits per heavy atom. The van der Waals surface area contributed by atoms with E-state index in [1.807, 2.05) is 12.2 Å². The number of hydrogen-bond acceptors (Lipinski definition) is 4. The van der Waals surface area contributed by atoms with Crippen LogP contribution >= 0.6 is 0 Å². The van der Waals surface area contributed by atoms with Crippen LogP contribution in [-0.2, 0) is 4.79 Å². The van der Waals surface area contributed by atoms with Crippen LogP contribution < -0.4 is 5.32 Å². The number of carbonyl (C=O) groups excluding carboxylic acids is 1. The second kappa shape index (κ2) is 37.1. The summed E-state index contributed by atoms with van der Waals surface area (Å²) in [6.07, 6.45) is 47.4. The molecule has 0 saturated carbocycles. The number of amides is 1. The van der Waals surface area contributed by atoms with E-state index in [2.05, 4.69) is 49.5 Å². The van der Waals surface area contributed by atoms with E-state index in [9.17, 15) is 20.1 Å². The third-order valence-corrected chi connectivity index (χ3v) is 8.88. The third kappa shape index (κ3) is 32.6. The maximum Gasteiger partial charge on any atom is 0.249 e. The first-order valence-electron chi connectivity index (χ1n) is 20.0. The van der Waals surface area contributed by atoms with Crippen LogP contribution in [0.15, 0.2) is 48.6 Å². The fourth-order valence-electron chi connectivity index (χ4n) is 5.69. The molecule has 0 aliphatic carbocycles. The van der Waals surface area contributed by atoms with Crippen molar-refractivity contribution in [1.29, 1.82) is 0 Å². The zero-order valence-electron chi connectivity index (χ0n) is 30.9. The molecule has 274 valence electrons. The van der Waals surface area contributed by atoms with Gasteiger partial charge in [0.25, 0.3) is 0 Å². The molecule has 0 radical (unpaired) electrons. The van der Waals surface area contributed by atoms with Crippen molar-refractivity contribution in [1.82, 2.24) is 5.32 Å². The summed E-state index contributed by atoms with van der Waals surface area (Å²) in [6.45, 7) is 4.09. The minimum absolute atomic E-state index is 0.322. The molecule has 0 aromatic heterocycles. The van der Waals surface area contributed by atoms with E-state index in [1.54, 1.807) is 6.08 Å². The van der Waals surface area contributed by atoms with Crippen molar-refractivity contribution in [3.8, 4) is 0 Å². The Hall–Kier alpha value is -1.69. The van der Waals surface area contributed by atoms with Crippen LogP contribution in [0.1, 0.15) is 187 Å². The minimum Gasteiger partial charge on any atom is -0.394 e. The maximum absolute atomic E-state index is 12.3. The Morgan fingerprint density at radius 1 is 0.511 bits per heavy atom. The highest BCUT2D eigenvalue weighted by Gasteiger charge is 2.22. The Bertz CT molecular complexity index is 775. The molecule has 3 unspecified atom stereocenters. The van der Waals surface area contributed by atoms with Crippen LogP contribution in [0.2, 0.25) is 0 Å². The molecule has 0 aliphatic rings. The van der Waals surface area contributed by atoms with Crippen LogP contribution in [0.4, 0.5) is 0 Å². The van der Waals surface area contributed by atoms with Gasteiger partial charge in [-0.15, -0.1) is 0 Å². The van der Waals surface area contributed by atoms with E-state index in [-0.39, 0.29) is 0 Å². The first kappa shape index (κ1) is 45.3. The van der Waals surface area contributed by atoms with E-state index in [0.717, 1.165) is 32.1 Å². The van der Waals surface area contributed by atoms with E-state index >= 15 is 0 Å². The highest BCUT2D eigenvalue weighted by atomic mass is 16.3. The molecule has 0 bridgehead atoms. The number of carbonyl (C=O) groups is 1. The van der Waals surface area contributed by atoms with Gasteiger partial charge in [-0.3, -0.25) is 4.79 Å². The highest BCUT2D eigenvalue weighted by molar-refractivity contribution is 5.80. The topological polar surface area (TPSA) is 89.8 Å². The molecular formula is C42H77NO4. The summed E-state index contributed by atoms with van der Waals surface area (Å²) in [5.41, 5.74) is 0. The fraction of sp³-hybridized carbons (Fsp3) is 0.786. The molecule has 1 amide bonds. The number of aliphatic hydroxyl groups excluding tert-OH is 3. The number of aliphatic hydroxyl groups is 3. The van der Waals surface area contributed by atoms with E-state index in [4.69, 9.17) is 0 Å². The van der Waals surface area contributed by atoms with Crippen LogP contribution in [-0.4, -0.2) is 46.1 Å². The molecule has 0 fully saturated rings. The molecule has 0 saturated heterocycles. The highest BCUT2D eigenvalue weighted by Crippen LogP contribution is 2.14. The van der Waals surface area contributed by atoms with Gasteiger partial charge in [0.1, 0.15) is 6.10 Å². The lowest BCUT2D eigenvalue weighted by Crippen LogP contribution is -2.48. The number of rotatable bonds is 35. The largest absolute Gasteiger partial charge is 0.394 e. The Kier molecular flexibility index (Phi) is 35.8. The SMILES string of the molecule is CCCCCC/C=C\CCC(O)C(=O)NC(CO)C(O)/C=C/CC/C=C/CC/C=C/CCCCCCCCCCCCCCCCC. The average Bonchev–Trinajstić information content (AvgIpc) is 3.07. The summed E-state index contributed by atoms with van der Waals surface area (Å²) in [7, 11) is 0. The van der Waals surface area contributed by atoms with E-state index < -0.39 is 30.8 Å². The normalized spacial score (nSPS) is 14.2. The van der Waals surface area contributed by atoms with Crippen LogP contribution in [0.5, 0.6) is 0 Å². The number of hydrogen-bond donors (Lipinski definition) is 4. The van der Waals surface area contributed by atoms with E-state index in [1.165, 1.54) is 128 Å². The Labute approximate surface area is 291 Å². The molecular weight excluding hydrogens is 582 g/mol. The van der Waals surface area contributed by atoms with Crippen molar-refractivity contribution < 1.29 is 20.1 Å². The quantitative estimate of drug-likeness (QED) is 0.0402. The van der Waals surface area contributed by atoms with Gasteiger partial charge in [0.2, 0.25) is 5.91 Å². The van der Waals surface area contributed by atoms with Gasteiger partial charge in [-0.05, 0) is 64.2 Å². The minimum atomic E-state index is -1.15. The van der Waals surface area contributed by atoms with E-state index in [0.29, 0.717) is 12.8 Å². The van der Waals surface area contributed by atoms with Crippen molar-refractivity contribution in [2.45, 2.75) is 205 Å². The lowest BCUT2D eigenvalue weighted by atomic mass is 10.0. The first-order chi connectivity index (χ1) is 23.1. The third-order valence-electron chi connectivity index (χ3n) is 8.88. The molecule has 5 nitrogen and oxygen atoms in total. The molecule has 47 heavy (non-hydrogen) atoms. The summed E-state index contributed by atoms with van der Waals surface area (Å²) in [6, 6.07) is -0.834. The van der Waals surface area contributed by atoms with Gasteiger partial charge in [-0.1, -0.05) is 172 Å². The summed E-state index contributed by atoms with van der Waals surface area (Å²) >= 11 is 0. The van der Waals surface area contributed by atoms with Gasteiger partial charge in [-0.25, -0.2) is 0 Å². The fourth-order valence-corrected chi connectivity index (χ4v) is 5.69. The second-order valence-electron chi connectivity index (χ2n) is 13.5. The van der Waals surface area contributed by atoms with Crippen molar-refractivity contribution in [3.05, 3.63) is 48.6 Å². The average molecular weight is 660 g/mol. The molecule has 3 atom stereocenters. The number of allylic oxidation sites excluding steroid dienone is 7. The van der Waals surface area contributed by atoms with Crippen molar-refractivity contribution in [2.24, 2.45) is 0 Å². The predicted molar refractivity (Wildman–Crippen MR) is 204 cm³/mol. The standard InChI is InChI=1S/C42H77NO4/c1-3-5-7-9-11-13-14-15-16-17-18-19-20-21-22-23-24-25-26-27-28-29-31-32-34-36-40(45)39(38-44)43-42(47)41(46)37-35-33-30-12-10-8-6-4-2/h24-25,28-30,33-34,36,39-41,44-46H,3-23,26-27,31-32,35,37-38H2,1-2H3,(H,43,47)/b25-24+,29-28+,33-30-,36-34+. The van der Waals surface area contributed by atoms with Crippen LogP contribution in [0.25, 0.3) is 0 Å². The lowest BCUT2D eigenvalue weighted by Gasteiger charge is -2.21. The molecule has 0 spiro atoms. The van der Waals surface area contributed by atoms with Gasteiger partial charge < -0.3 is 20.6 Å². The number of nitrogens with one attached hydrogen (secondary N) is 1. The molecule has 5 heteroatoms. The number of unbranched alkanes of at least 4 members (excludes halogenated alkanes) is 21. The zero-order valence-corrected chi connectivity index (χ0v) is 30.9. The van der Waals surface area contributed by atoms with Gasteiger partial charge in [0.15, 0.2) is 0 Å². The lowest BCUT2D eigenvalue weighted by molar-refractivity contribution is -0.131. The summed E-state index contributed by atoms with van der Waals surface area (Å²) in [5.74, 6) is -0.556. The van der Waals surface area contributed by atoms with Crippen LogP contribution in [0.3, 0.4) is 0 Å². The molecule has 0 aromatic rings. The Morgan fingerprint density at radius 3 is 1.32 bits per heavy atom. The van der Waals surface area contributed by atoms with Crippen molar-refractivity contribution in [2.75, 3.05) is 6.61 Å². The van der Waals surface area contributed by atoms with Gasteiger partial charge >= 0.3 is 0 Å². The zero-order chi connectivity index (χ0) is 34.5. The van der Waals surface area contributed by atoms with Gasteiger partial charge in [0.05, 0.1) is 18.8 Å². The first-order valence-corrected chi connectivity index (χ1v) is 20.0. The molecule has 0 heterocycles.